The molecule has 0 saturated heterocycles. The van der Waals surface area contributed by atoms with Gasteiger partial charge in [0, 0.05) is 23.5 Å². The first-order valence-corrected chi connectivity index (χ1v) is 7.45. The van der Waals surface area contributed by atoms with E-state index in [9.17, 15) is 4.79 Å². The highest BCUT2D eigenvalue weighted by molar-refractivity contribution is 9.10. The first kappa shape index (κ1) is 15.7. The maximum atomic E-state index is 12.4. The van der Waals surface area contributed by atoms with Crippen molar-refractivity contribution in [2.24, 2.45) is 0 Å². The summed E-state index contributed by atoms with van der Waals surface area (Å²) in [7, 11) is 1.59. The highest BCUT2D eigenvalue weighted by Crippen LogP contribution is 2.21. The fraction of sp³-hybridized carbons (Fsp3) is 0.250. The summed E-state index contributed by atoms with van der Waals surface area (Å²) >= 11 is 3.40. The van der Waals surface area contributed by atoms with Gasteiger partial charge < -0.3 is 9.64 Å². The minimum atomic E-state index is 0.0184. The summed E-state index contributed by atoms with van der Waals surface area (Å²) < 4.78 is 5.98. The second kappa shape index (κ2) is 7.90. The van der Waals surface area contributed by atoms with Crippen LogP contribution in [0.3, 0.4) is 0 Å². The number of pyridine rings is 1. The van der Waals surface area contributed by atoms with Crippen LogP contribution in [0.5, 0.6) is 0 Å². The number of methoxy groups -OCH3 is 1. The number of carbonyl (C=O) groups excluding carboxylic acids is 1. The smallest absolute Gasteiger partial charge is 0.229 e. The summed E-state index contributed by atoms with van der Waals surface area (Å²) in [5.74, 6) is 0.0184. The van der Waals surface area contributed by atoms with Crippen molar-refractivity contribution in [2.45, 2.75) is 13.0 Å². The standard InChI is InChI=1S/C16H17BrN2O2/c1-21-11-9-16(20)19(12-14-4-2-3-10-18-14)15-7-5-13(17)6-8-15/h2-8,10H,9,11-12H2,1H3. The van der Waals surface area contributed by atoms with Crippen molar-refractivity contribution >= 4 is 27.5 Å². The van der Waals surface area contributed by atoms with Gasteiger partial charge in [0.25, 0.3) is 0 Å². The van der Waals surface area contributed by atoms with Crippen molar-refractivity contribution in [3.63, 3.8) is 0 Å². The molecule has 0 atom stereocenters. The van der Waals surface area contributed by atoms with E-state index in [4.69, 9.17) is 4.74 Å². The maximum absolute atomic E-state index is 12.4. The third-order valence-electron chi connectivity index (χ3n) is 3.01. The lowest BCUT2D eigenvalue weighted by Gasteiger charge is -2.22. The molecular weight excluding hydrogens is 332 g/mol. The van der Waals surface area contributed by atoms with Crippen LogP contribution in [0.25, 0.3) is 0 Å². The Morgan fingerprint density at radius 1 is 1.24 bits per heavy atom. The molecular formula is C16H17BrN2O2. The third-order valence-corrected chi connectivity index (χ3v) is 3.53. The molecule has 0 bridgehead atoms. The number of benzene rings is 1. The van der Waals surface area contributed by atoms with Crippen LogP contribution in [0.15, 0.2) is 53.1 Å². The number of hydrogen-bond donors (Lipinski definition) is 0. The number of ether oxygens (including phenoxy) is 1. The molecule has 1 amide bonds. The van der Waals surface area contributed by atoms with E-state index < -0.39 is 0 Å². The van der Waals surface area contributed by atoms with E-state index in [0.717, 1.165) is 15.9 Å². The molecule has 0 aliphatic heterocycles. The number of anilines is 1. The minimum absolute atomic E-state index is 0.0184. The zero-order valence-corrected chi connectivity index (χ0v) is 13.4. The predicted molar refractivity (Wildman–Crippen MR) is 86.1 cm³/mol. The van der Waals surface area contributed by atoms with Crippen molar-refractivity contribution < 1.29 is 9.53 Å². The molecule has 0 saturated carbocycles. The number of halogens is 1. The molecule has 0 unspecified atom stereocenters. The van der Waals surface area contributed by atoms with Gasteiger partial charge in [-0.25, -0.2) is 0 Å². The Kier molecular flexibility index (Phi) is 5.90. The van der Waals surface area contributed by atoms with E-state index in [1.807, 2.05) is 42.5 Å². The topological polar surface area (TPSA) is 42.4 Å². The van der Waals surface area contributed by atoms with Gasteiger partial charge in [-0.05, 0) is 36.4 Å². The van der Waals surface area contributed by atoms with Gasteiger partial charge in [-0.15, -0.1) is 0 Å². The average Bonchev–Trinajstić information content (AvgIpc) is 2.52. The molecule has 110 valence electrons. The lowest BCUT2D eigenvalue weighted by molar-refractivity contribution is -0.119. The normalized spacial score (nSPS) is 10.4. The third kappa shape index (κ3) is 4.65. The van der Waals surface area contributed by atoms with Crippen LogP contribution in [-0.4, -0.2) is 24.6 Å². The van der Waals surface area contributed by atoms with Crippen LogP contribution >= 0.6 is 15.9 Å². The molecule has 2 aromatic rings. The molecule has 1 aromatic heterocycles. The first-order chi connectivity index (χ1) is 10.2. The summed E-state index contributed by atoms with van der Waals surface area (Å²) in [5.41, 5.74) is 1.70. The van der Waals surface area contributed by atoms with Gasteiger partial charge in [0.2, 0.25) is 5.91 Å². The van der Waals surface area contributed by atoms with Crippen LogP contribution in [0.2, 0.25) is 0 Å². The fourth-order valence-electron chi connectivity index (χ4n) is 1.92. The van der Waals surface area contributed by atoms with Crippen LogP contribution in [0.4, 0.5) is 5.69 Å². The number of hydrogen-bond acceptors (Lipinski definition) is 3. The number of rotatable bonds is 6. The molecule has 0 radical (unpaired) electrons. The molecule has 0 spiro atoms. The predicted octanol–water partition coefficient (Wildman–Crippen LogP) is 3.41. The molecule has 1 aromatic carbocycles. The number of amides is 1. The van der Waals surface area contributed by atoms with Crippen LogP contribution in [0, 0.1) is 0 Å². The van der Waals surface area contributed by atoms with E-state index in [1.165, 1.54) is 0 Å². The lowest BCUT2D eigenvalue weighted by Crippen LogP contribution is -2.31. The minimum Gasteiger partial charge on any atom is -0.384 e. The van der Waals surface area contributed by atoms with Gasteiger partial charge in [0.1, 0.15) is 0 Å². The summed E-state index contributed by atoms with van der Waals surface area (Å²) in [5, 5.41) is 0. The second-order valence-corrected chi connectivity index (χ2v) is 5.44. The van der Waals surface area contributed by atoms with Gasteiger partial charge in [0.05, 0.1) is 25.3 Å². The Hall–Kier alpha value is -1.72. The molecule has 5 heteroatoms. The van der Waals surface area contributed by atoms with E-state index in [0.29, 0.717) is 19.6 Å². The fourth-order valence-corrected chi connectivity index (χ4v) is 2.19. The summed E-state index contributed by atoms with van der Waals surface area (Å²) in [6.45, 7) is 0.860. The van der Waals surface area contributed by atoms with E-state index in [2.05, 4.69) is 20.9 Å². The average molecular weight is 349 g/mol. The highest BCUT2D eigenvalue weighted by Gasteiger charge is 2.16. The molecule has 2 rings (SSSR count). The molecule has 0 fully saturated rings. The molecule has 0 aliphatic carbocycles. The quantitative estimate of drug-likeness (QED) is 0.803. The van der Waals surface area contributed by atoms with E-state index in [-0.39, 0.29) is 5.91 Å². The van der Waals surface area contributed by atoms with Crippen molar-refractivity contribution in [3.05, 3.63) is 58.8 Å². The number of aromatic nitrogens is 1. The van der Waals surface area contributed by atoms with Gasteiger partial charge in [-0.2, -0.15) is 0 Å². The zero-order valence-electron chi connectivity index (χ0n) is 11.8. The van der Waals surface area contributed by atoms with Crippen molar-refractivity contribution in [3.8, 4) is 0 Å². The van der Waals surface area contributed by atoms with Crippen molar-refractivity contribution in [1.29, 1.82) is 0 Å². The van der Waals surface area contributed by atoms with E-state index in [1.54, 1.807) is 18.2 Å². The Balaban J connectivity index is 2.21. The lowest BCUT2D eigenvalue weighted by atomic mass is 10.2. The van der Waals surface area contributed by atoms with Crippen LogP contribution in [0.1, 0.15) is 12.1 Å². The largest absolute Gasteiger partial charge is 0.384 e. The molecule has 0 aliphatic rings. The Labute approximate surface area is 132 Å². The number of nitrogens with zero attached hydrogens (tertiary/aromatic N) is 2. The highest BCUT2D eigenvalue weighted by atomic mass is 79.9. The van der Waals surface area contributed by atoms with E-state index >= 15 is 0 Å². The van der Waals surface area contributed by atoms with Crippen molar-refractivity contribution in [2.75, 3.05) is 18.6 Å². The van der Waals surface area contributed by atoms with Crippen molar-refractivity contribution in [1.82, 2.24) is 4.98 Å². The van der Waals surface area contributed by atoms with Gasteiger partial charge in [-0.3, -0.25) is 9.78 Å². The van der Waals surface area contributed by atoms with Gasteiger partial charge >= 0.3 is 0 Å². The van der Waals surface area contributed by atoms with Gasteiger partial charge in [0.15, 0.2) is 0 Å². The molecule has 0 N–H and O–H groups in total. The Bertz CT molecular complexity index is 573. The monoisotopic (exact) mass is 348 g/mol. The Morgan fingerprint density at radius 3 is 2.62 bits per heavy atom. The van der Waals surface area contributed by atoms with Crippen LogP contribution < -0.4 is 4.90 Å². The second-order valence-electron chi connectivity index (χ2n) is 4.52. The molecule has 4 nitrogen and oxygen atoms in total. The summed E-state index contributed by atoms with van der Waals surface area (Å²) in [6, 6.07) is 13.4. The number of carbonyl (C=O) groups is 1. The summed E-state index contributed by atoms with van der Waals surface area (Å²) in [6.07, 6.45) is 2.08. The maximum Gasteiger partial charge on any atom is 0.229 e. The SMILES string of the molecule is COCCC(=O)N(Cc1ccccn1)c1ccc(Br)cc1. The Morgan fingerprint density at radius 2 is 2.00 bits per heavy atom. The first-order valence-electron chi connectivity index (χ1n) is 6.65. The molecule has 21 heavy (non-hydrogen) atoms. The summed E-state index contributed by atoms with van der Waals surface area (Å²) in [4.78, 5) is 18.4. The molecule has 1 heterocycles. The van der Waals surface area contributed by atoms with Crippen LogP contribution in [-0.2, 0) is 16.1 Å². The zero-order chi connectivity index (χ0) is 15.1. The van der Waals surface area contributed by atoms with Gasteiger partial charge in [-0.1, -0.05) is 22.0 Å².